The molecule has 0 bridgehead atoms. The lowest BCUT2D eigenvalue weighted by atomic mass is 9.99. The van der Waals surface area contributed by atoms with E-state index < -0.39 is 20.0 Å². The molecule has 0 unspecified atom stereocenters. The number of alkyl halides is 3. The van der Waals surface area contributed by atoms with E-state index >= 15 is 0 Å². The van der Waals surface area contributed by atoms with Gasteiger partial charge in [-0.05, 0) is 22.2 Å². The minimum Gasteiger partial charge on any atom is -0.288 e. The molecule has 4 rings (SSSR count). The van der Waals surface area contributed by atoms with E-state index in [0.29, 0.717) is 31.6 Å². The summed E-state index contributed by atoms with van der Waals surface area (Å²) in [5, 5.41) is 3.37. The van der Waals surface area contributed by atoms with E-state index in [1.807, 2.05) is 0 Å². The average molecular weight is 385 g/mol. The zero-order valence-corrected chi connectivity index (χ0v) is 14.4. The topological polar surface area (TPSA) is 61.7 Å². The molecule has 2 aromatic rings. The van der Waals surface area contributed by atoms with E-state index in [1.54, 1.807) is 12.1 Å². The van der Waals surface area contributed by atoms with Gasteiger partial charge in [0.05, 0.1) is 0 Å². The highest BCUT2D eigenvalue weighted by atomic mass is 31.2. The minimum atomic E-state index is -4.76. The molecule has 10 heteroatoms. The Labute approximate surface area is 147 Å². The van der Waals surface area contributed by atoms with Gasteiger partial charge >= 0.3 is 13.8 Å². The van der Waals surface area contributed by atoms with Gasteiger partial charge in [0, 0.05) is 31.6 Å². The van der Waals surface area contributed by atoms with Crippen LogP contribution in [-0.4, -0.2) is 41.7 Å². The van der Waals surface area contributed by atoms with Crippen LogP contribution in [0.5, 0.6) is 0 Å². The molecule has 6 nitrogen and oxygen atoms in total. The van der Waals surface area contributed by atoms with Crippen molar-refractivity contribution in [2.75, 3.05) is 26.2 Å². The number of nitrogens with zero attached hydrogens (tertiary/aromatic N) is 3. The lowest BCUT2D eigenvalue weighted by Gasteiger charge is -2.28. The number of rotatable bonds is 6. The largest absolute Gasteiger partial charge is 0.419 e. The standard InChI is InChI=1S/C16H15F3N3O3P/c17-16(18,19)15(25-26(24,21-7-8-21)22-9-10-22)13-5-6-14(20-23)12-4-2-1-3-11(12)13/h1-6,15H,7-10H2/t15-/m0/s1. The molecular formula is C16H15F3N3O3P. The summed E-state index contributed by atoms with van der Waals surface area (Å²) in [4.78, 5) is 11.0. The van der Waals surface area contributed by atoms with Gasteiger partial charge in [-0.2, -0.15) is 13.2 Å². The maximum Gasteiger partial charge on any atom is 0.419 e. The molecule has 1 atom stereocenters. The van der Waals surface area contributed by atoms with Crippen molar-refractivity contribution < 1.29 is 22.3 Å². The number of halogens is 3. The number of nitroso groups, excluding NO2 is 1. The van der Waals surface area contributed by atoms with Crippen LogP contribution in [0.2, 0.25) is 0 Å². The van der Waals surface area contributed by atoms with Crippen molar-refractivity contribution in [1.29, 1.82) is 0 Å². The Kier molecular flexibility index (Phi) is 4.15. The van der Waals surface area contributed by atoms with Crippen molar-refractivity contribution >= 4 is 24.1 Å². The second kappa shape index (κ2) is 6.13. The van der Waals surface area contributed by atoms with E-state index in [2.05, 4.69) is 5.18 Å². The normalized spacial score (nSPS) is 19.5. The Morgan fingerprint density at radius 1 is 1.00 bits per heavy atom. The van der Waals surface area contributed by atoms with Crippen LogP contribution < -0.4 is 0 Å². The van der Waals surface area contributed by atoms with Crippen LogP contribution in [0, 0.1) is 4.91 Å². The van der Waals surface area contributed by atoms with Gasteiger partial charge in [-0.1, -0.05) is 30.3 Å². The fourth-order valence-corrected chi connectivity index (χ4v) is 5.27. The van der Waals surface area contributed by atoms with Crippen molar-refractivity contribution in [2.45, 2.75) is 12.3 Å². The predicted molar refractivity (Wildman–Crippen MR) is 90.0 cm³/mol. The van der Waals surface area contributed by atoms with Gasteiger partial charge in [0.25, 0.3) is 0 Å². The lowest BCUT2D eigenvalue weighted by molar-refractivity contribution is -0.199. The zero-order chi connectivity index (χ0) is 18.5. The molecule has 0 saturated carbocycles. The molecule has 0 spiro atoms. The Balaban J connectivity index is 1.82. The molecule has 2 fully saturated rings. The van der Waals surface area contributed by atoms with E-state index in [1.165, 1.54) is 33.6 Å². The van der Waals surface area contributed by atoms with Gasteiger partial charge in [-0.15, -0.1) is 4.91 Å². The van der Waals surface area contributed by atoms with E-state index in [0.717, 1.165) is 0 Å². The van der Waals surface area contributed by atoms with Crippen LogP contribution in [0.1, 0.15) is 11.7 Å². The first-order valence-electron chi connectivity index (χ1n) is 8.05. The summed E-state index contributed by atoms with van der Waals surface area (Å²) in [7, 11) is -3.69. The Hall–Kier alpha value is -1.80. The second-order valence-corrected chi connectivity index (χ2v) is 8.56. The van der Waals surface area contributed by atoms with Crippen LogP contribution in [0.15, 0.2) is 41.6 Å². The van der Waals surface area contributed by atoms with Crippen molar-refractivity contribution in [3.63, 3.8) is 0 Å². The molecule has 0 aromatic heterocycles. The maximum atomic E-state index is 13.8. The van der Waals surface area contributed by atoms with Crippen molar-refractivity contribution in [3.05, 3.63) is 46.9 Å². The third-order valence-corrected chi connectivity index (χ3v) is 7.13. The molecule has 2 aliphatic heterocycles. The van der Waals surface area contributed by atoms with Crippen LogP contribution in [0.3, 0.4) is 0 Å². The van der Waals surface area contributed by atoms with E-state index in [-0.39, 0.29) is 16.6 Å². The van der Waals surface area contributed by atoms with Crippen LogP contribution >= 0.6 is 7.67 Å². The van der Waals surface area contributed by atoms with Crippen LogP contribution in [-0.2, 0) is 9.09 Å². The van der Waals surface area contributed by atoms with Gasteiger partial charge in [0.1, 0.15) is 5.69 Å². The van der Waals surface area contributed by atoms with Gasteiger partial charge in [-0.3, -0.25) is 9.09 Å². The molecule has 26 heavy (non-hydrogen) atoms. The highest BCUT2D eigenvalue weighted by Crippen LogP contribution is 2.65. The minimum absolute atomic E-state index is 0.0466. The van der Waals surface area contributed by atoms with Gasteiger partial charge in [0.15, 0.2) is 6.10 Å². The first-order chi connectivity index (χ1) is 12.3. The van der Waals surface area contributed by atoms with E-state index in [9.17, 15) is 22.6 Å². The highest BCUT2D eigenvalue weighted by molar-refractivity contribution is 7.54. The summed E-state index contributed by atoms with van der Waals surface area (Å²) in [5.74, 6) is 0. The van der Waals surface area contributed by atoms with Crippen molar-refractivity contribution in [2.24, 2.45) is 5.18 Å². The molecule has 2 aliphatic rings. The number of fused-ring (bicyclic) bond motifs is 1. The molecule has 138 valence electrons. The third-order valence-electron chi connectivity index (χ3n) is 4.42. The Morgan fingerprint density at radius 3 is 2.08 bits per heavy atom. The summed E-state index contributed by atoms with van der Waals surface area (Å²) in [6, 6.07) is 8.58. The quantitative estimate of drug-likeness (QED) is 0.413. The SMILES string of the molecule is O=Nc1ccc([C@H](OP(=O)(N2CC2)N2CC2)C(F)(F)F)c2ccccc12. The first kappa shape index (κ1) is 17.6. The van der Waals surface area contributed by atoms with E-state index in [4.69, 9.17) is 4.52 Å². The molecule has 2 saturated heterocycles. The van der Waals surface area contributed by atoms with Gasteiger partial charge < -0.3 is 0 Å². The molecule has 0 N–H and O–H groups in total. The first-order valence-corrected chi connectivity index (χ1v) is 9.58. The maximum absolute atomic E-state index is 13.8. The Morgan fingerprint density at radius 2 is 1.58 bits per heavy atom. The van der Waals surface area contributed by atoms with Crippen molar-refractivity contribution in [1.82, 2.24) is 9.34 Å². The molecular weight excluding hydrogens is 370 g/mol. The van der Waals surface area contributed by atoms with Crippen molar-refractivity contribution in [3.8, 4) is 0 Å². The number of benzene rings is 2. The van der Waals surface area contributed by atoms with Crippen LogP contribution in [0.25, 0.3) is 10.8 Å². The summed E-state index contributed by atoms with van der Waals surface area (Å²) < 4.78 is 62.8. The molecule has 2 heterocycles. The van der Waals surface area contributed by atoms with Gasteiger partial charge in [-0.25, -0.2) is 9.34 Å². The highest BCUT2D eigenvalue weighted by Gasteiger charge is 2.55. The number of hydrogen-bond donors (Lipinski definition) is 0. The van der Waals surface area contributed by atoms with Crippen LogP contribution in [0.4, 0.5) is 18.9 Å². The third kappa shape index (κ3) is 3.05. The lowest BCUT2D eigenvalue weighted by Crippen LogP contribution is -2.25. The number of hydrogen-bond acceptors (Lipinski definition) is 4. The fraction of sp³-hybridized carbons (Fsp3) is 0.375. The molecule has 0 radical (unpaired) electrons. The summed E-state index contributed by atoms with van der Waals surface area (Å²) in [6.07, 6.45) is -7.12. The summed E-state index contributed by atoms with van der Waals surface area (Å²) in [6.45, 7) is 1.81. The molecule has 2 aromatic carbocycles. The fourth-order valence-electron chi connectivity index (χ4n) is 2.95. The predicted octanol–water partition coefficient (Wildman–Crippen LogP) is 4.60. The second-order valence-electron chi connectivity index (χ2n) is 6.24. The van der Waals surface area contributed by atoms with Gasteiger partial charge in [0.2, 0.25) is 0 Å². The zero-order valence-electron chi connectivity index (χ0n) is 13.5. The molecule has 0 aliphatic carbocycles. The smallest absolute Gasteiger partial charge is 0.288 e. The summed E-state index contributed by atoms with van der Waals surface area (Å²) in [5.41, 5.74) is -0.130. The molecule has 0 amide bonds. The average Bonchev–Trinajstić information content (AvgIpc) is 3.49. The Bertz CT molecular complexity index is 896. The monoisotopic (exact) mass is 385 g/mol. The summed E-state index contributed by atoms with van der Waals surface area (Å²) >= 11 is 0.